The van der Waals surface area contributed by atoms with Gasteiger partial charge in [-0.1, -0.05) is 43.0 Å². The summed E-state index contributed by atoms with van der Waals surface area (Å²) in [4.78, 5) is 39.7. The predicted molar refractivity (Wildman–Crippen MR) is 99.9 cm³/mol. The summed E-state index contributed by atoms with van der Waals surface area (Å²) >= 11 is 0. The monoisotopic (exact) mass is 380 g/mol. The Hall–Kier alpha value is -1.48. The predicted octanol–water partition coefficient (Wildman–Crippen LogP) is 0.459. The summed E-state index contributed by atoms with van der Waals surface area (Å²) in [6, 6.07) is 10.0. The number of esters is 3. The van der Waals surface area contributed by atoms with Gasteiger partial charge in [0.1, 0.15) is 0 Å². The molecule has 130 valence electrons. The number of hydrogen-bond donors (Lipinski definition) is 1. The third kappa shape index (κ3) is 17.3. The summed E-state index contributed by atoms with van der Waals surface area (Å²) in [5.74, 6) is -2.99. The molecule has 1 heterocycles. The number of benzene rings is 1. The molecule has 0 aliphatic carbocycles. The molecule has 0 spiro atoms. The zero-order valence-electron chi connectivity index (χ0n) is 12.9. The summed E-state index contributed by atoms with van der Waals surface area (Å²) in [6.45, 7) is 3.63. The van der Waals surface area contributed by atoms with Crippen LogP contribution in [0.1, 0.15) is 5.56 Å². The Labute approximate surface area is 195 Å². The van der Waals surface area contributed by atoms with E-state index >= 15 is 0 Å². The molecule has 0 unspecified atom stereocenters. The molecule has 0 aromatic heterocycles. The minimum absolute atomic E-state index is 0. The number of ether oxygens (including phenoxy) is 2. The van der Waals surface area contributed by atoms with Gasteiger partial charge in [0.15, 0.2) is 0 Å². The molecule has 1 aliphatic rings. The van der Waals surface area contributed by atoms with E-state index < -0.39 is 23.9 Å². The maximum atomic E-state index is 10.1. The van der Waals surface area contributed by atoms with Crippen LogP contribution in [0.2, 0.25) is 0 Å². The normalized spacial score (nSPS) is 10.7. The standard InChI is InChI=1S/C8H8.C5H6O4.C4H2O3.2Na.2H/c1-2-8-6-4-3-5-7-8;1-9-5(8)3-2-4(6)7;5-3-1-2-4(6)7-3;;;;/h2-7H,1H2;2-3H,1H3,(H,6,7);1-2H;;;;/b;3-2-;;;;;. The van der Waals surface area contributed by atoms with Gasteiger partial charge in [-0.2, -0.15) is 0 Å². The van der Waals surface area contributed by atoms with Crippen molar-refractivity contribution in [2.45, 2.75) is 0 Å². The average molecular weight is 380 g/mol. The van der Waals surface area contributed by atoms with Crippen LogP contribution in [-0.4, -0.2) is 95.2 Å². The van der Waals surface area contributed by atoms with E-state index in [9.17, 15) is 19.2 Å². The number of hydrogen-bond acceptors (Lipinski definition) is 6. The van der Waals surface area contributed by atoms with Crippen molar-refractivity contribution in [3.8, 4) is 0 Å². The number of carboxylic acid groups (broad SMARTS) is 1. The maximum absolute atomic E-state index is 10.1. The summed E-state index contributed by atoms with van der Waals surface area (Å²) in [5.41, 5.74) is 1.17. The second kappa shape index (κ2) is 18.3. The summed E-state index contributed by atoms with van der Waals surface area (Å²) in [7, 11) is 1.18. The third-order valence-electron chi connectivity index (χ3n) is 2.16. The van der Waals surface area contributed by atoms with Gasteiger partial charge in [0.25, 0.3) is 0 Å². The Morgan fingerprint density at radius 1 is 1.04 bits per heavy atom. The number of aliphatic carboxylic acids is 1. The molecule has 0 saturated carbocycles. The zero-order valence-corrected chi connectivity index (χ0v) is 12.9. The van der Waals surface area contributed by atoms with Crippen LogP contribution < -0.4 is 0 Å². The van der Waals surface area contributed by atoms with Gasteiger partial charge in [-0.15, -0.1) is 0 Å². The fourth-order valence-electron chi connectivity index (χ4n) is 1.10. The Morgan fingerprint density at radius 3 is 1.81 bits per heavy atom. The number of carbonyl (C=O) groups is 4. The molecule has 0 amide bonds. The van der Waals surface area contributed by atoms with Crippen LogP contribution >= 0.6 is 0 Å². The molecular weight excluding hydrogens is 362 g/mol. The first kappa shape index (κ1) is 29.3. The number of rotatable bonds is 3. The van der Waals surface area contributed by atoms with Gasteiger partial charge < -0.3 is 14.6 Å². The topological polar surface area (TPSA) is 107 Å². The van der Waals surface area contributed by atoms with Crippen LogP contribution in [0, 0.1) is 0 Å². The first-order valence-electron chi connectivity index (χ1n) is 6.49. The van der Waals surface area contributed by atoms with Crippen molar-refractivity contribution < 1.29 is 33.8 Å². The molecular formula is C17H18Na2O7. The fourth-order valence-corrected chi connectivity index (χ4v) is 1.10. The number of carbonyl (C=O) groups excluding carboxylic acids is 3. The van der Waals surface area contributed by atoms with E-state index in [2.05, 4.69) is 16.1 Å². The van der Waals surface area contributed by atoms with E-state index in [0.29, 0.717) is 6.08 Å². The van der Waals surface area contributed by atoms with Crippen LogP contribution in [0.3, 0.4) is 0 Å². The Balaban J connectivity index is -0.000000295. The van der Waals surface area contributed by atoms with Crippen LogP contribution in [-0.2, 0) is 28.7 Å². The molecule has 0 bridgehead atoms. The molecule has 0 saturated heterocycles. The van der Waals surface area contributed by atoms with Gasteiger partial charge in [0.2, 0.25) is 0 Å². The third-order valence-corrected chi connectivity index (χ3v) is 2.16. The second-order valence-electron chi connectivity index (χ2n) is 3.88. The fraction of sp³-hybridized carbons (Fsp3) is 0.0588. The first-order valence-corrected chi connectivity index (χ1v) is 6.49. The van der Waals surface area contributed by atoms with Crippen molar-refractivity contribution in [1.82, 2.24) is 0 Å². The van der Waals surface area contributed by atoms with Gasteiger partial charge in [0.05, 0.1) is 7.11 Å². The second-order valence-corrected chi connectivity index (χ2v) is 3.88. The molecule has 2 rings (SSSR count). The van der Waals surface area contributed by atoms with E-state index in [-0.39, 0.29) is 59.1 Å². The number of cyclic esters (lactones) is 2. The number of carboxylic acids is 1. The van der Waals surface area contributed by atoms with Crippen molar-refractivity contribution in [3.63, 3.8) is 0 Å². The van der Waals surface area contributed by atoms with E-state index in [1.807, 2.05) is 36.4 Å². The average Bonchev–Trinajstić information content (AvgIpc) is 2.97. The van der Waals surface area contributed by atoms with E-state index in [1.54, 1.807) is 0 Å². The molecule has 9 heteroatoms. The molecule has 1 aromatic rings. The van der Waals surface area contributed by atoms with Crippen LogP contribution in [0.5, 0.6) is 0 Å². The van der Waals surface area contributed by atoms with Gasteiger partial charge in [-0.05, 0) is 5.56 Å². The van der Waals surface area contributed by atoms with Gasteiger partial charge >= 0.3 is 83.0 Å². The van der Waals surface area contributed by atoms with Crippen molar-refractivity contribution in [1.29, 1.82) is 0 Å². The van der Waals surface area contributed by atoms with Gasteiger partial charge in [-0.3, -0.25) is 0 Å². The van der Waals surface area contributed by atoms with Gasteiger partial charge in [-0.25, -0.2) is 19.2 Å². The molecule has 1 N–H and O–H groups in total. The Kier molecular flexibility index (Phi) is 20.6. The summed E-state index contributed by atoms with van der Waals surface area (Å²) in [6.07, 6.45) is 5.55. The first-order chi connectivity index (χ1) is 11.4. The van der Waals surface area contributed by atoms with Crippen molar-refractivity contribution in [2.24, 2.45) is 0 Å². The van der Waals surface area contributed by atoms with Crippen LogP contribution in [0.4, 0.5) is 0 Å². The molecule has 0 fully saturated rings. The molecule has 0 radical (unpaired) electrons. The van der Waals surface area contributed by atoms with Gasteiger partial charge in [0, 0.05) is 24.3 Å². The van der Waals surface area contributed by atoms with E-state index in [0.717, 1.165) is 18.2 Å². The van der Waals surface area contributed by atoms with Crippen molar-refractivity contribution in [2.75, 3.05) is 7.11 Å². The molecule has 1 aromatic carbocycles. The molecule has 26 heavy (non-hydrogen) atoms. The minimum atomic E-state index is -1.17. The zero-order chi connectivity index (χ0) is 18.4. The number of methoxy groups -OCH3 is 1. The van der Waals surface area contributed by atoms with Crippen LogP contribution in [0.25, 0.3) is 6.08 Å². The molecule has 7 nitrogen and oxygen atoms in total. The van der Waals surface area contributed by atoms with E-state index in [4.69, 9.17) is 5.11 Å². The summed E-state index contributed by atoms with van der Waals surface area (Å²) in [5, 5.41) is 7.96. The van der Waals surface area contributed by atoms with Crippen LogP contribution in [0.15, 0.2) is 61.2 Å². The van der Waals surface area contributed by atoms with Crippen molar-refractivity contribution >= 4 is 89.1 Å². The Morgan fingerprint density at radius 2 is 1.54 bits per heavy atom. The summed E-state index contributed by atoms with van der Waals surface area (Å²) < 4.78 is 8.08. The molecule has 1 aliphatic heterocycles. The van der Waals surface area contributed by atoms with Crippen molar-refractivity contribution in [3.05, 3.63) is 66.8 Å². The van der Waals surface area contributed by atoms with E-state index in [1.165, 1.54) is 12.7 Å². The molecule has 0 atom stereocenters. The quantitative estimate of drug-likeness (QED) is 0.351. The Bertz CT molecular complexity index is 636. The SMILES string of the molecule is C=Cc1ccccc1.COC(=O)/C=C\C(=O)O.O=C1C=CC(=O)O1.[NaH].[NaH].